The molecule has 2 fully saturated rings. The van der Waals surface area contributed by atoms with E-state index in [1.165, 1.54) is 0 Å². The smallest absolute Gasteiger partial charge is 0.296 e. The van der Waals surface area contributed by atoms with Gasteiger partial charge >= 0.3 is 0 Å². The SMILES string of the molecule is OCCn1nc(CNc2nc3nc(O[C@@H]4CO[C@H]5[C@@H]4OC[C@H]5O)[nH]c3cc2Cl)c2ccccc21. The summed E-state index contributed by atoms with van der Waals surface area (Å²) in [6, 6.07) is 9.87. The van der Waals surface area contributed by atoms with Gasteiger partial charge in [-0.25, -0.2) is 4.98 Å². The third kappa shape index (κ3) is 3.75. The van der Waals surface area contributed by atoms with Crippen LogP contribution in [0.1, 0.15) is 5.69 Å². The fourth-order valence-electron chi connectivity index (χ4n) is 4.52. The standard InChI is InChI=1S/C22H23ClN6O5/c23-12-7-13-21(27-22(25-13)34-17-10-33-18-16(31)9-32-19(17)18)26-20(12)24-8-14-11-3-1-2-4-15(11)29(28-14)5-6-30/h1-4,7,16-19,30-31H,5-6,8-10H2,(H2,24,25,26,27)/t16-,17-,18-,19-/m1/s1. The predicted octanol–water partition coefficient (Wildman–Crippen LogP) is 1.47. The highest BCUT2D eigenvalue weighted by atomic mass is 35.5. The number of benzene rings is 1. The highest BCUT2D eigenvalue weighted by molar-refractivity contribution is 6.33. The number of anilines is 1. The average molecular weight is 487 g/mol. The molecule has 0 spiro atoms. The molecule has 6 rings (SSSR count). The molecule has 0 saturated carbocycles. The molecular formula is C22H23ClN6O5. The number of halogens is 1. The van der Waals surface area contributed by atoms with Crippen LogP contribution in [0.15, 0.2) is 30.3 Å². The summed E-state index contributed by atoms with van der Waals surface area (Å²) in [6.45, 7) is 1.36. The Balaban J connectivity index is 1.20. The van der Waals surface area contributed by atoms with Crippen molar-refractivity contribution < 1.29 is 24.4 Å². The van der Waals surface area contributed by atoms with Crippen LogP contribution in [-0.4, -0.2) is 79.2 Å². The van der Waals surface area contributed by atoms with Gasteiger partial charge in [0.25, 0.3) is 6.01 Å². The number of hydrogen-bond donors (Lipinski definition) is 4. The fraction of sp³-hybridized carbons (Fsp3) is 0.409. The number of aliphatic hydroxyl groups excluding tert-OH is 2. The maximum absolute atomic E-state index is 9.90. The number of nitrogens with zero attached hydrogens (tertiary/aromatic N) is 4. The molecule has 0 unspecified atom stereocenters. The van der Waals surface area contributed by atoms with Gasteiger partial charge in [0.15, 0.2) is 11.8 Å². The van der Waals surface area contributed by atoms with E-state index < -0.39 is 6.10 Å². The Kier molecular flexibility index (Phi) is 5.50. The van der Waals surface area contributed by atoms with Crippen molar-refractivity contribution in [1.29, 1.82) is 0 Å². The molecular weight excluding hydrogens is 464 g/mol. The van der Waals surface area contributed by atoms with Crippen molar-refractivity contribution in [1.82, 2.24) is 24.7 Å². The summed E-state index contributed by atoms with van der Waals surface area (Å²) in [5.74, 6) is 0.472. The molecule has 0 radical (unpaired) electrons. The number of fused-ring (bicyclic) bond motifs is 3. The number of imidazole rings is 1. The first-order valence-corrected chi connectivity index (χ1v) is 11.4. The normalized spacial score (nSPS) is 24.2. The van der Waals surface area contributed by atoms with E-state index in [-0.39, 0.29) is 37.5 Å². The zero-order valence-electron chi connectivity index (χ0n) is 18.0. The molecule has 4 N–H and O–H groups in total. The Bertz CT molecular complexity index is 1340. The van der Waals surface area contributed by atoms with Crippen molar-refractivity contribution in [2.45, 2.75) is 37.5 Å². The van der Waals surface area contributed by atoms with E-state index in [1.807, 2.05) is 24.3 Å². The zero-order chi connectivity index (χ0) is 23.2. The zero-order valence-corrected chi connectivity index (χ0v) is 18.8. The molecule has 2 aliphatic heterocycles. The van der Waals surface area contributed by atoms with Gasteiger partial charge in [-0.1, -0.05) is 29.8 Å². The monoisotopic (exact) mass is 486 g/mol. The van der Waals surface area contributed by atoms with Crippen LogP contribution in [0, 0.1) is 0 Å². The van der Waals surface area contributed by atoms with Gasteiger partial charge in [-0.2, -0.15) is 10.1 Å². The van der Waals surface area contributed by atoms with Crippen molar-refractivity contribution in [3.63, 3.8) is 0 Å². The number of aromatic nitrogens is 5. The molecule has 2 aliphatic rings. The maximum atomic E-state index is 9.90. The highest BCUT2D eigenvalue weighted by Gasteiger charge is 2.48. The van der Waals surface area contributed by atoms with E-state index in [0.29, 0.717) is 41.7 Å². The van der Waals surface area contributed by atoms with Crippen LogP contribution in [0.2, 0.25) is 5.02 Å². The van der Waals surface area contributed by atoms with Gasteiger partial charge in [0, 0.05) is 5.39 Å². The Hall–Kier alpha value is -2.96. The Labute approximate surface area is 198 Å². The molecule has 0 bridgehead atoms. The summed E-state index contributed by atoms with van der Waals surface area (Å²) in [5, 5.41) is 28.5. The molecule has 4 aromatic rings. The average Bonchev–Trinajstić information content (AvgIpc) is 3.58. The van der Waals surface area contributed by atoms with Crippen LogP contribution >= 0.6 is 11.6 Å². The number of hydrogen-bond acceptors (Lipinski definition) is 9. The molecule has 0 aliphatic carbocycles. The topological polar surface area (TPSA) is 140 Å². The molecule has 12 heteroatoms. The van der Waals surface area contributed by atoms with Crippen molar-refractivity contribution in [2.75, 3.05) is 25.1 Å². The van der Waals surface area contributed by atoms with Crippen molar-refractivity contribution in [3.8, 4) is 6.01 Å². The Morgan fingerprint density at radius 2 is 2.06 bits per heavy atom. The summed E-state index contributed by atoms with van der Waals surface area (Å²) in [4.78, 5) is 12.1. The molecule has 2 saturated heterocycles. The van der Waals surface area contributed by atoms with E-state index in [1.54, 1.807) is 10.7 Å². The van der Waals surface area contributed by atoms with Gasteiger partial charge in [0.1, 0.15) is 24.1 Å². The van der Waals surface area contributed by atoms with E-state index in [9.17, 15) is 10.2 Å². The molecule has 3 aromatic heterocycles. The number of para-hydroxylation sites is 1. The molecule has 5 heterocycles. The van der Waals surface area contributed by atoms with Gasteiger partial charge in [0.2, 0.25) is 0 Å². The highest BCUT2D eigenvalue weighted by Crippen LogP contribution is 2.31. The molecule has 34 heavy (non-hydrogen) atoms. The summed E-state index contributed by atoms with van der Waals surface area (Å²) in [5.41, 5.74) is 2.85. The molecule has 4 atom stereocenters. The second-order valence-electron chi connectivity index (χ2n) is 8.32. The van der Waals surface area contributed by atoms with Crippen LogP contribution in [0.3, 0.4) is 0 Å². The number of H-pyrrole nitrogens is 1. The quantitative estimate of drug-likeness (QED) is 0.305. The molecule has 0 amide bonds. The largest absolute Gasteiger partial charge is 0.456 e. The third-order valence-electron chi connectivity index (χ3n) is 6.12. The Morgan fingerprint density at radius 3 is 2.94 bits per heavy atom. The molecule has 11 nitrogen and oxygen atoms in total. The van der Waals surface area contributed by atoms with Gasteiger partial charge in [-0.3, -0.25) is 4.68 Å². The lowest BCUT2D eigenvalue weighted by atomic mass is 10.1. The van der Waals surface area contributed by atoms with E-state index in [4.69, 9.17) is 25.8 Å². The van der Waals surface area contributed by atoms with Gasteiger partial charge in [0.05, 0.1) is 54.7 Å². The van der Waals surface area contributed by atoms with Gasteiger partial charge in [-0.05, 0) is 12.1 Å². The van der Waals surface area contributed by atoms with Crippen molar-refractivity contribution in [2.24, 2.45) is 0 Å². The lowest BCUT2D eigenvalue weighted by Gasteiger charge is -2.15. The summed E-state index contributed by atoms with van der Waals surface area (Å²) in [6.07, 6.45) is -1.74. The summed E-state index contributed by atoms with van der Waals surface area (Å²) >= 11 is 6.47. The van der Waals surface area contributed by atoms with Crippen LogP contribution < -0.4 is 10.1 Å². The van der Waals surface area contributed by atoms with Crippen molar-refractivity contribution in [3.05, 3.63) is 41.0 Å². The van der Waals surface area contributed by atoms with Gasteiger partial charge in [-0.15, -0.1) is 0 Å². The first kappa shape index (κ1) is 21.6. The van der Waals surface area contributed by atoms with Crippen LogP contribution in [0.25, 0.3) is 22.1 Å². The first-order chi connectivity index (χ1) is 16.6. The minimum atomic E-state index is -0.643. The van der Waals surface area contributed by atoms with Crippen molar-refractivity contribution >= 4 is 39.5 Å². The van der Waals surface area contributed by atoms with E-state index in [0.717, 1.165) is 16.6 Å². The first-order valence-electron chi connectivity index (χ1n) is 11.0. The van der Waals surface area contributed by atoms with Crippen LogP contribution in [0.5, 0.6) is 6.01 Å². The predicted molar refractivity (Wildman–Crippen MR) is 123 cm³/mol. The molecule has 1 aromatic carbocycles. The Morgan fingerprint density at radius 1 is 1.21 bits per heavy atom. The second-order valence-corrected chi connectivity index (χ2v) is 8.72. The van der Waals surface area contributed by atoms with Gasteiger partial charge < -0.3 is 34.7 Å². The number of pyridine rings is 1. The lowest BCUT2D eigenvalue weighted by molar-refractivity contribution is 0.00706. The van der Waals surface area contributed by atoms with E-state index >= 15 is 0 Å². The summed E-state index contributed by atoms with van der Waals surface area (Å²) in [7, 11) is 0. The fourth-order valence-corrected chi connectivity index (χ4v) is 4.74. The van der Waals surface area contributed by atoms with Crippen LogP contribution in [0.4, 0.5) is 5.82 Å². The number of rotatable bonds is 7. The minimum Gasteiger partial charge on any atom is -0.456 e. The number of aliphatic hydroxyl groups is 2. The summed E-state index contributed by atoms with van der Waals surface area (Å²) < 4.78 is 18.9. The number of ether oxygens (including phenoxy) is 3. The molecule has 178 valence electrons. The van der Waals surface area contributed by atoms with E-state index in [2.05, 4.69) is 25.4 Å². The second kappa shape index (κ2) is 8.67. The minimum absolute atomic E-state index is 0.00719. The van der Waals surface area contributed by atoms with Crippen LogP contribution in [-0.2, 0) is 22.6 Å². The number of aromatic amines is 1. The maximum Gasteiger partial charge on any atom is 0.296 e. The number of nitrogens with one attached hydrogen (secondary N) is 2. The lowest BCUT2D eigenvalue weighted by Crippen LogP contribution is -2.34. The third-order valence-corrected chi connectivity index (χ3v) is 6.41.